The normalized spacial score (nSPS) is 36.2. The van der Waals surface area contributed by atoms with Crippen molar-refractivity contribution in [2.24, 2.45) is 5.41 Å². The van der Waals surface area contributed by atoms with Crippen LogP contribution in [0.4, 0.5) is 0 Å². The third kappa shape index (κ3) is 3.08. The molecule has 2 heteroatoms. The van der Waals surface area contributed by atoms with Gasteiger partial charge in [-0.15, -0.1) is 0 Å². The molecule has 104 valence electrons. The van der Waals surface area contributed by atoms with Crippen molar-refractivity contribution < 1.29 is 0 Å². The molecule has 18 heavy (non-hydrogen) atoms. The van der Waals surface area contributed by atoms with Gasteiger partial charge in [-0.3, -0.25) is 4.90 Å². The maximum absolute atomic E-state index is 3.73. The highest BCUT2D eigenvalue weighted by Gasteiger charge is 2.40. The van der Waals surface area contributed by atoms with Crippen molar-refractivity contribution >= 4 is 0 Å². The van der Waals surface area contributed by atoms with Crippen LogP contribution in [0.25, 0.3) is 0 Å². The van der Waals surface area contributed by atoms with E-state index in [1.165, 1.54) is 64.5 Å². The Morgan fingerprint density at radius 1 is 1.06 bits per heavy atom. The molecule has 0 spiro atoms. The van der Waals surface area contributed by atoms with Crippen LogP contribution in [0.1, 0.15) is 65.2 Å². The first-order valence-electron chi connectivity index (χ1n) is 8.13. The summed E-state index contributed by atoms with van der Waals surface area (Å²) < 4.78 is 0. The summed E-state index contributed by atoms with van der Waals surface area (Å²) in [6.45, 7) is 7.48. The van der Waals surface area contributed by atoms with Crippen LogP contribution < -0.4 is 5.32 Å². The molecule has 1 saturated heterocycles. The minimum Gasteiger partial charge on any atom is -0.313 e. The molecule has 2 atom stereocenters. The minimum absolute atomic E-state index is 0.595. The van der Waals surface area contributed by atoms with Gasteiger partial charge in [0.1, 0.15) is 0 Å². The third-order valence-electron chi connectivity index (χ3n) is 5.27. The van der Waals surface area contributed by atoms with Gasteiger partial charge in [-0.1, -0.05) is 20.3 Å². The Kier molecular flexibility index (Phi) is 3.68. The molecule has 0 aromatic carbocycles. The van der Waals surface area contributed by atoms with E-state index in [-0.39, 0.29) is 0 Å². The fourth-order valence-electron chi connectivity index (χ4n) is 4.02. The molecule has 1 heterocycles. The summed E-state index contributed by atoms with van der Waals surface area (Å²) in [5, 5.41) is 3.73. The first-order chi connectivity index (χ1) is 8.64. The first kappa shape index (κ1) is 12.9. The second-order valence-corrected chi connectivity index (χ2v) is 7.64. The molecule has 1 N–H and O–H groups in total. The van der Waals surface area contributed by atoms with Gasteiger partial charge in [-0.05, 0) is 56.9 Å². The molecule has 2 nitrogen and oxygen atoms in total. The van der Waals surface area contributed by atoms with Crippen LogP contribution in [0.15, 0.2) is 0 Å². The summed E-state index contributed by atoms with van der Waals surface area (Å²) in [5.41, 5.74) is 0.595. The molecule has 0 radical (unpaired) electrons. The van der Waals surface area contributed by atoms with Gasteiger partial charge < -0.3 is 5.32 Å². The lowest BCUT2D eigenvalue weighted by atomic mass is 9.91. The van der Waals surface area contributed by atoms with Crippen LogP contribution in [0.5, 0.6) is 0 Å². The fraction of sp³-hybridized carbons (Fsp3) is 1.00. The lowest BCUT2D eigenvalue weighted by molar-refractivity contribution is 0.150. The van der Waals surface area contributed by atoms with Crippen LogP contribution in [-0.2, 0) is 0 Å². The molecule has 3 fully saturated rings. The largest absolute Gasteiger partial charge is 0.313 e. The van der Waals surface area contributed by atoms with Gasteiger partial charge in [0.15, 0.2) is 0 Å². The molecule has 0 amide bonds. The molecule has 0 aromatic rings. The molecule has 0 bridgehead atoms. The van der Waals surface area contributed by atoms with E-state index in [0.29, 0.717) is 5.41 Å². The van der Waals surface area contributed by atoms with Crippen LogP contribution in [-0.4, -0.2) is 36.1 Å². The van der Waals surface area contributed by atoms with E-state index in [1.807, 2.05) is 0 Å². The van der Waals surface area contributed by atoms with Gasteiger partial charge in [-0.2, -0.15) is 0 Å². The second kappa shape index (κ2) is 5.13. The van der Waals surface area contributed by atoms with E-state index in [9.17, 15) is 0 Å². The Hall–Kier alpha value is -0.0800. The maximum Gasteiger partial charge on any atom is 0.0195 e. The fourth-order valence-corrected chi connectivity index (χ4v) is 4.02. The van der Waals surface area contributed by atoms with E-state index in [1.54, 1.807) is 0 Å². The summed E-state index contributed by atoms with van der Waals surface area (Å²) in [5.74, 6) is 0. The topological polar surface area (TPSA) is 15.3 Å². The molecular weight excluding hydrogens is 220 g/mol. The van der Waals surface area contributed by atoms with Crippen molar-refractivity contribution in [2.75, 3.05) is 13.1 Å². The van der Waals surface area contributed by atoms with Crippen molar-refractivity contribution in [1.29, 1.82) is 0 Å². The van der Waals surface area contributed by atoms with Crippen molar-refractivity contribution in [3.8, 4) is 0 Å². The van der Waals surface area contributed by atoms with Gasteiger partial charge in [0.25, 0.3) is 0 Å². The highest BCUT2D eigenvalue weighted by Crippen LogP contribution is 2.42. The molecule has 3 rings (SSSR count). The zero-order valence-electron chi connectivity index (χ0n) is 12.3. The zero-order chi connectivity index (χ0) is 12.6. The molecular formula is C16H30N2. The van der Waals surface area contributed by atoms with Crippen LogP contribution in [0.2, 0.25) is 0 Å². The van der Waals surface area contributed by atoms with Crippen molar-refractivity contribution in [2.45, 2.75) is 83.3 Å². The molecule has 2 unspecified atom stereocenters. The second-order valence-electron chi connectivity index (χ2n) is 7.64. The summed E-state index contributed by atoms with van der Waals surface area (Å²) in [6, 6.07) is 2.60. The molecule has 1 aliphatic heterocycles. The quantitative estimate of drug-likeness (QED) is 0.824. The molecule has 2 saturated carbocycles. The van der Waals surface area contributed by atoms with E-state index in [2.05, 4.69) is 24.1 Å². The number of hydrogen-bond donors (Lipinski definition) is 1. The smallest absolute Gasteiger partial charge is 0.0195 e. The summed E-state index contributed by atoms with van der Waals surface area (Å²) in [4.78, 5) is 2.89. The standard InChI is InChI=1S/C16H30N2/c1-16(2)9-8-15(11-16)18(14-6-7-14)12-13-5-3-4-10-17-13/h13-15,17H,3-12H2,1-2H3. The Morgan fingerprint density at radius 2 is 1.89 bits per heavy atom. The van der Waals surface area contributed by atoms with Gasteiger partial charge in [-0.25, -0.2) is 0 Å². The Balaban J connectivity index is 1.58. The lowest BCUT2D eigenvalue weighted by Gasteiger charge is -2.35. The predicted molar refractivity (Wildman–Crippen MR) is 76.8 cm³/mol. The monoisotopic (exact) mass is 250 g/mol. The van der Waals surface area contributed by atoms with Crippen LogP contribution >= 0.6 is 0 Å². The van der Waals surface area contributed by atoms with E-state index >= 15 is 0 Å². The van der Waals surface area contributed by atoms with Crippen molar-refractivity contribution in [3.05, 3.63) is 0 Å². The first-order valence-corrected chi connectivity index (χ1v) is 8.13. The number of hydrogen-bond acceptors (Lipinski definition) is 2. The van der Waals surface area contributed by atoms with Crippen LogP contribution in [0.3, 0.4) is 0 Å². The van der Waals surface area contributed by atoms with E-state index in [4.69, 9.17) is 0 Å². The summed E-state index contributed by atoms with van der Waals surface area (Å²) >= 11 is 0. The highest BCUT2D eigenvalue weighted by molar-refractivity contribution is 4.96. The molecule has 3 aliphatic rings. The number of piperidine rings is 1. The SMILES string of the molecule is CC1(C)CCC(N(CC2CCCCN2)C2CC2)C1. The molecule has 2 aliphatic carbocycles. The van der Waals surface area contributed by atoms with E-state index < -0.39 is 0 Å². The summed E-state index contributed by atoms with van der Waals surface area (Å²) in [7, 11) is 0. The average Bonchev–Trinajstić information content (AvgIpc) is 3.12. The minimum atomic E-state index is 0.595. The van der Waals surface area contributed by atoms with Gasteiger partial charge in [0, 0.05) is 24.7 Å². The average molecular weight is 250 g/mol. The van der Waals surface area contributed by atoms with Crippen molar-refractivity contribution in [3.63, 3.8) is 0 Å². The number of rotatable bonds is 4. The Bertz CT molecular complexity index is 277. The number of nitrogens with zero attached hydrogens (tertiary/aromatic N) is 1. The maximum atomic E-state index is 3.73. The Labute approximate surface area is 113 Å². The van der Waals surface area contributed by atoms with Gasteiger partial charge >= 0.3 is 0 Å². The third-order valence-corrected chi connectivity index (χ3v) is 5.27. The zero-order valence-corrected chi connectivity index (χ0v) is 12.3. The van der Waals surface area contributed by atoms with Crippen molar-refractivity contribution in [1.82, 2.24) is 10.2 Å². The summed E-state index contributed by atoms with van der Waals surface area (Å²) in [6.07, 6.45) is 11.4. The Morgan fingerprint density at radius 3 is 2.44 bits per heavy atom. The van der Waals surface area contributed by atoms with Crippen LogP contribution in [0, 0.1) is 5.41 Å². The lowest BCUT2D eigenvalue weighted by Crippen LogP contribution is -2.47. The highest BCUT2D eigenvalue weighted by atomic mass is 15.2. The van der Waals surface area contributed by atoms with Gasteiger partial charge in [0.05, 0.1) is 0 Å². The predicted octanol–water partition coefficient (Wildman–Crippen LogP) is 3.17. The number of nitrogens with one attached hydrogen (secondary N) is 1. The van der Waals surface area contributed by atoms with Gasteiger partial charge in [0.2, 0.25) is 0 Å². The van der Waals surface area contributed by atoms with E-state index in [0.717, 1.165) is 18.1 Å². The molecule has 0 aromatic heterocycles.